The molecule has 0 saturated heterocycles. The molecular formula is C27H26N4O2. The van der Waals surface area contributed by atoms with Crippen molar-refractivity contribution in [3.8, 4) is 5.75 Å². The summed E-state index contributed by atoms with van der Waals surface area (Å²) in [6, 6.07) is 24.4. The second-order valence-corrected chi connectivity index (χ2v) is 8.21. The summed E-state index contributed by atoms with van der Waals surface area (Å²) in [4.78, 5) is 13.2. The molecule has 166 valence electrons. The van der Waals surface area contributed by atoms with E-state index in [9.17, 15) is 4.79 Å². The van der Waals surface area contributed by atoms with E-state index < -0.39 is 0 Å². The average molecular weight is 439 g/mol. The van der Waals surface area contributed by atoms with Crippen molar-refractivity contribution < 1.29 is 9.53 Å². The lowest BCUT2D eigenvalue weighted by Gasteiger charge is -2.10. The number of fused-ring (bicyclic) bond motifs is 1. The zero-order valence-corrected chi connectivity index (χ0v) is 18.5. The summed E-state index contributed by atoms with van der Waals surface area (Å²) in [5.41, 5.74) is 8.11. The molecule has 0 saturated carbocycles. The van der Waals surface area contributed by atoms with Crippen molar-refractivity contribution in [3.05, 3.63) is 101 Å². The van der Waals surface area contributed by atoms with Gasteiger partial charge in [-0.15, -0.1) is 0 Å². The van der Waals surface area contributed by atoms with Gasteiger partial charge in [-0.25, -0.2) is 0 Å². The van der Waals surface area contributed by atoms with Crippen LogP contribution in [0.3, 0.4) is 0 Å². The second kappa shape index (κ2) is 9.20. The fourth-order valence-electron chi connectivity index (χ4n) is 4.24. The van der Waals surface area contributed by atoms with E-state index in [4.69, 9.17) is 4.74 Å². The lowest BCUT2D eigenvalue weighted by Crippen LogP contribution is -2.22. The monoisotopic (exact) mass is 438 g/mol. The molecule has 0 fully saturated rings. The highest BCUT2D eigenvalue weighted by molar-refractivity contribution is 6.07. The van der Waals surface area contributed by atoms with Crippen molar-refractivity contribution in [2.75, 3.05) is 13.7 Å². The Morgan fingerprint density at radius 1 is 1.09 bits per heavy atom. The van der Waals surface area contributed by atoms with E-state index in [1.807, 2.05) is 54.9 Å². The first-order valence-electron chi connectivity index (χ1n) is 11.0. The lowest BCUT2D eigenvalue weighted by molar-refractivity contribution is 0.0952. The minimum absolute atomic E-state index is 0.0912. The maximum absolute atomic E-state index is 13.2. The van der Waals surface area contributed by atoms with E-state index in [1.54, 1.807) is 7.11 Å². The van der Waals surface area contributed by atoms with Gasteiger partial charge in [-0.1, -0.05) is 54.6 Å². The molecule has 33 heavy (non-hydrogen) atoms. The topological polar surface area (TPSA) is 67.6 Å². The molecular weight excluding hydrogens is 412 g/mol. The maximum atomic E-state index is 13.2. The standard InChI is InChI=1S/C27H26N4O2/c1-33-23-9-5-8-20(12-23)14-28-27(32)25-18-31(17-19-6-3-2-4-7-19)26-13-21(10-11-24(25)26)22-15-29-30-16-22/h2-13,15,18,22,30H,14,16-17H2,1H3,(H,28,32). The first-order valence-corrected chi connectivity index (χ1v) is 11.0. The fraction of sp³-hybridized carbons (Fsp3) is 0.185. The number of carbonyl (C=O) groups is 1. The molecule has 4 aromatic rings. The van der Waals surface area contributed by atoms with Gasteiger partial charge < -0.3 is 20.0 Å². The molecule has 5 rings (SSSR count). The van der Waals surface area contributed by atoms with Gasteiger partial charge in [-0.3, -0.25) is 4.79 Å². The molecule has 1 amide bonds. The number of methoxy groups -OCH3 is 1. The van der Waals surface area contributed by atoms with Gasteiger partial charge in [0.05, 0.1) is 12.7 Å². The zero-order chi connectivity index (χ0) is 22.6. The van der Waals surface area contributed by atoms with Crippen molar-refractivity contribution in [3.63, 3.8) is 0 Å². The molecule has 1 unspecified atom stereocenters. The van der Waals surface area contributed by atoms with E-state index in [-0.39, 0.29) is 11.8 Å². The van der Waals surface area contributed by atoms with Gasteiger partial charge in [0.25, 0.3) is 5.91 Å². The van der Waals surface area contributed by atoms with Crippen LogP contribution in [0, 0.1) is 0 Å². The predicted octanol–water partition coefficient (Wildman–Crippen LogP) is 4.30. The summed E-state index contributed by atoms with van der Waals surface area (Å²) >= 11 is 0. The van der Waals surface area contributed by atoms with Crippen LogP contribution < -0.4 is 15.5 Å². The molecule has 1 aromatic heterocycles. The Bertz CT molecular complexity index is 1310. The van der Waals surface area contributed by atoms with Crippen LogP contribution in [-0.4, -0.2) is 30.3 Å². The van der Waals surface area contributed by atoms with Crippen LogP contribution >= 0.6 is 0 Å². The lowest BCUT2D eigenvalue weighted by atomic mass is 9.99. The van der Waals surface area contributed by atoms with Crippen LogP contribution in [0.5, 0.6) is 5.75 Å². The minimum atomic E-state index is -0.0912. The van der Waals surface area contributed by atoms with E-state index >= 15 is 0 Å². The number of hydrogen-bond donors (Lipinski definition) is 2. The van der Waals surface area contributed by atoms with Crippen molar-refractivity contribution in [2.24, 2.45) is 5.10 Å². The van der Waals surface area contributed by atoms with Crippen LogP contribution in [-0.2, 0) is 13.1 Å². The molecule has 2 heterocycles. The molecule has 1 aliphatic rings. The average Bonchev–Trinajstić information content (AvgIpc) is 3.52. The molecule has 0 aliphatic carbocycles. The number of ether oxygens (including phenoxy) is 1. The SMILES string of the molecule is COc1cccc(CNC(=O)c2cn(Cc3ccccc3)c3cc(C4C=NNC4)ccc23)c1. The van der Waals surface area contributed by atoms with Crippen molar-refractivity contribution in [1.82, 2.24) is 15.3 Å². The highest BCUT2D eigenvalue weighted by Gasteiger charge is 2.19. The van der Waals surface area contributed by atoms with Crippen molar-refractivity contribution in [1.29, 1.82) is 0 Å². The van der Waals surface area contributed by atoms with Gasteiger partial charge in [-0.05, 0) is 34.9 Å². The largest absolute Gasteiger partial charge is 0.497 e. The van der Waals surface area contributed by atoms with Crippen LogP contribution in [0.4, 0.5) is 0 Å². The molecule has 0 bridgehead atoms. The predicted molar refractivity (Wildman–Crippen MR) is 131 cm³/mol. The first-order chi connectivity index (χ1) is 16.2. The number of hydrazone groups is 1. The zero-order valence-electron chi connectivity index (χ0n) is 18.5. The molecule has 3 aromatic carbocycles. The number of benzene rings is 3. The smallest absolute Gasteiger partial charge is 0.253 e. The molecule has 6 heteroatoms. The highest BCUT2D eigenvalue weighted by Crippen LogP contribution is 2.27. The van der Waals surface area contributed by atoms with Crippen molar-refractivity contribution >= 4 is 23.0 Å². The summed E-state index contributed by atoms with van der Waals surface area (Å²) in [5, 5.41) is 8.17. The van der Waals surface area contributed by atoms with E-state index in [0.717, 1.165) is 28.8 Å². The van der Waals surface area contributed by atoms with Crippen LogP contribution in [0.15, 0.2) is 84.1 Å². The van der Waals surface area contributed by atoms with Gasteiger partial charge >= 0.3 is 0 Å². The number of rotatable bonds is 7. The third-order valence-electron chi connectivity index (χ3n) is 6.02. The molecule has 0 radical (unpaired) electrons. The summed E-state index contributed by atoms with van der Waals surface area (Å²) in [6.45, 7) is 1.92. The summed E-state index contributed by atoms with van der Waals surface area (Å²) < 4.78 is 7.45. The number of carbonyl (C=O) groups excluding carboxylic acids is 1. The summed E-state index contributed by atoms with van der Waals surface area (Å²) in [7, 11) is 1.64. The van der Waals surface area contributed by atoms with Gasteiger partial charge in [0.1, 0.15) is 5.75 Å². The van der Waals surface area contributed by atoms with Gasteiger partial charge in [0.2, 0.25) is 0 Å². The Labute approximate surface area is 192 Å². The number of hydrogen-bond acceptors (Lipinski definition) is 4. The molecule has 1 atom stereocenters. The number of nitrogens with zero attached hydrogens (tertiary/aromatic N) is 2. The fourth-order valence-corrected chi connectivity index (χ4v) is 4.24. The number of nitrogens with one attached hydrogen (secondary N) is 2. The Hall–Kier alpha value is -4.06. The van der Waals surface area contributed by atoms with E-state index in [2.05, 4.69) is 50.7 Å². The Morgan fingerprint density at radius 2 is 1.94 bits per heavy atom. The van der Waals surface area contributed by atoms with Gasteiger partial charge in [0.15, 0.2) is 0 Å². The second-order valence-electron chi connectivity index (χ2n) is 8.21. The van der Waals surface area contributed by atoms with Crippen LogP contribution in [0.25, 0.3) is 10.9 Å². The van der Waals surface area contributed by atoms with Gasteiger partial charge in [-0.2, -0.15) is 5.10 Å². The number of amides is 1. The van der Waals surface area contributed by atoms with Crippen LogP contribution in [0.1, 0.15) is 33.0 Å². The Kier molecular flexibility index (Phi) is 5.81. The molecule has 6 nitrogen and oxygen atoms in total. The molecule has 2 N–H and O–H groups in total. The summed E-state index contributed by atoms with van der Waals surface area (Å²) in [5.74, 6) is 0.921. The van der Waals surface area contributed by atoms with E-state index in [0.29, 0.717) is 18.7 Å². The number of aromatic nitrogens is 1. The minimum Gasteiger partial charge on any atom is -0.497 e. The van der Waals surface area contributed by atoms with Crippen LogP contribution in [0.2, 0.25) is 0 Å². The normalized spacial score (nSPS) is 14.9. The highest BCUT2D eigenvalue weighted by atomic mass is 16.5. The molecule has 0 spiro atoms. The quantitative estimate of drug-likeness (QED) is 0.452. The third kappa shape index (κ3) is 4.46. The maximum Gasteiger partial charge on any atom is 0.253 e. The van der Waals surface area contributed by atoms with Crippen molar-refractivity contribution in [2.45, 2.75) is 19.0 Å². The summed E-state index contributed by atoms with van der Waals surface area (Å²) in [6.07, 6.45) is 3.90. The Balaban J connectivity index is 1.46. The molecule has 1 aliphatic heterocycles. The third-order valence-corrected chi connectivity index (χ3v) is 6.02. The van der Waals surface area contributed by atoms with Gasteiger partial charge in [0, 0.05) is 48.9 Å². The van der Waals surface area contributed by atoms with E-state index in [1.165, 1.54) is 11.1 Å². The Morgan fingerprint density at radius 3 is 2.73 bits per heavy atom. The first kappa shape index (κ1) is 20.8.